The minimum Gasteiger partial charge on any atom is -0.457 e. The number of fused-ring (bicyclic) bond motifs is 4. The van der Waals surface area contributed by atoms with E-state index in [-0.39, 0.29) is 32.5 Å². The van der Waals surface area contributed by atoms with Gasteiger partial charge in [0.2, 0.25) is 0 Å². The van der Waals surface area contributed by atoms with Gasteiger partial charge in [-0.2, -0.15) is 0 Å². The Kier molecular flexibility index (Phi) is 11.8. The van der Waals surface area contributed by atoms with Gasteiger partial charge in [0.15, 0.2) is 0 Å². The van der Waals surface area contributed by atoms with Crippen LogP contribution in [0.25, 0.3) is 27.6 Å². The van der Waals surface area contributed by atoms with E-state index in [0.717, 1.165) is 34.0 Å². The van der Waals surface area contributed by atoms with Crippen LogP contribution >= 0.6 is 0 Å². The maximum Gasteiger partial charge on any atom is 0.137 e. The number of rotatable bonds is 7. The molecule has 8 aromatic rings. The van der Waals surface area contributed by atoms with Crippen LogP contribution in [0.1, 0.15) is 157 Å². The second-order valence-electron chi connectivity index (χ2n) is 25.7. The molecule has 6 aromatic carbocycles. The summed E-state index contributed by atoms with van der Waals surface area (Å²) in [6.45, 7) is 39.8. The molecule has 0 spiro atoms. The fraction of sp³-hybridized carbons (Fsp3) is 0.369. The van der Waals surface area contributed by atoms with Crippen LogP contribution in [-0.2, 0) is 32.5 Å². The average Bonchev–Trinajstić information content (AvgIpc) is 3.83. The van der Waals surface area contributed by atoms with Crippen LogP contribution in [0.3, 0.4) is 0 Å². The van der Waals surface area contributed by atoms with Crippen molar-refractivity contribution in [1.29, 1.82) is 0 Å². The van der Waals surface area contributed by atoms with E-state index in [1.165, 1.54) is 66.8 Å². The summed E-state index contributed by atoms with van der Waals surface area (Å²) in [5.41, 5.74) is 15.4. The lowest BCUT2D eigenvalue weighted by Crippen LogP contribution is -2.26. The predicted octanol–water partition coefficient (Wildman–Crippen LogP) is 18.0. The van der Waals surface area contributed by atoms with Gasteiger partial charge in [-0.15, -0.1) is 0 Å². The number of hydrogen-bond donors (Lipinski definition) is 0. The van der Waals surface area contributed by atoms with Gasteiger partial charge in [0.25, 0.3) is 0 Å². The first-order chi connectivity index (χ1) is 32.6. The van der Waals surface area contributed by atoms with E-state index in [2.05, 4.69) is 266 Å². The van der Waals surface area contributed by atoms with Gasteiger partial charge in [-0.3, -0.25) is 4.57 Å². The molecule has 0 fully saturated rings. The molecule has 0 amide bonds. The van der Waals surface area contributed by atoms with Gasteiger partial charge in [0.1, 0.15) is 24.0 Å². The second-order valence-corrected chi connectivity index (χ2v) is 25.7. The Hall–Kier alpha value is -6.33. The van der Waals surface area contributed by atoms with Crippen molar-refractivity contribution < 1.29 is 4.74 Å². The highest BCUT2D eigenvalue weighted by atomic mass is 16.5. The quantitative estimate of drug-likeness (QED) is 0.159. The zero-order valence-corrected chi connectivity index (χ0v) is 45.2. The first-order valence-corrected chi connectivity index (χ1v) is 25.4. The first kappa shape index (κ1) is 48.7. The molecule has 9 rings (SSSR count). The minimum absolute atomic E-state index is 0.000649. The van der Waals surface area contributed by atoms with Crippen LogP contribution in [0.5, 0.6) is 11.5 Å². The van der Waals surface area contributed by atoms with Gasteiger partial charge < -0.3 is 14.5 Å². The van der Waals surface area contributed by atoms with E-state index in [9.17, 15) is 0 Å². The first-order valence-electron chi connectivity index (χ1n) is 25.4. The maximum absolute atomic E-state index is 7.21. The number of ether oxygens (including phenoxy) is 1. The van der Waals surface area contributed by atoms with Gasteiger partial charge >= 0.3 is 0 Å². The number of benzene rings is 6. The summed E-state index contributed by atoms with van der Waals surface area (Å²) in [6.07, 6.45) is 1.95. The minimum atomic E-state index is -0.335. The SMILES string of the molecule is CC(C)(C)c1cc(N2CN(c3cc(Oc4ccc5c6cc(C(C)(C)C)ccc6n(-c6cc(C(C)(C)C)ccn6)c5c4)cc(C(C)(C)c4ccccc4)c3)c3cc(C(C)(C)C)ccc32)cc(C(C)(C)C)c1. The molecule has 0 aliphatic carbocycles. The fourth-order valence-electron chi connectivity index (χ4n) is 9.90. The Morgan fingerprint density at radius 3 is 1.57 bits per heavy atom. The molecule has 1 aliphatic rings. The number of pyridine rings is 1. The molecule has 0 unspecified atom stereocenters. The summed E-state index contributed by atoms with van der Waals surface area (Å²) in [5, 5.41) is 2.38. The predicted molar refractivity (Wildman–Crippen MR) is 299 cm³/mol. The van der Waals surface area contributed by atoms with Crippen LogP contribution < -0.4 is 14.5 Å². The average molecular weight is 929 g/mol. The summed E-state index contributed by atoms with van der Waals surface area (Å²) >= 11 is 0. The molecule has 0 N–H and O–H groups in total. The van der Waals surface area contributed by atoms with Crippen molar-refractivity contribution in [3.8, 4) is 17.3 Å². The number of nitrogens with zero attached hydrogens (tertiary/aromatic N) is 4. The molecule has 0 bridgehead atoms. The van der Waals surface area contributed by atoms with Gasteiger partial charge in [-0.05, 0) is 139 Å². The molecule has 0 saturated carbocycles. The molecule has 70 heavy (non-hydrogen) atoms. The van der Waals surface area contributed by atoms with Crippen molar-refractivity contribution in [2.24, 2.45) is 0 Å². The highest BCUT2D eigenvalue weighted by molar-refractivity contribution is 6.10. The third-order valence-corrected chi connectivity index (χ3v) is 14.8. The van der Waals surface area contributed by atoms with Gasteiger partial charge in [-0.25, -0.2) is 4.98 Å². The number of anilines is 4. The molecule has 0 saturated heterocycles. The highest BCUT2D eigenvalue weighted by Crippen LogP contribution is 2.49. The third kappa shape index (κ3) is 9.25. The normalized spacial score (nSPS) is 14.0. The van der Waals surface area contributed by atoms with Crippen molar-refractivity contribution in [3.63, 3.8) is 0 Å². The topological polar surface area (TPSA) is 33.5 Å². The molecule has 5 heteroatoms. The molecule has 0 radical (unpaired) electrons. The fourth-order valence-corrected chi connectivity index (χ4v) is 9.90. The lowest BCUT2D eigenvalue weighted by molar-refractivity contribution is 0.480. The highest BCUT2D eigenvalue weighted by Gasteiger charge is 2.34. The Morgan fingerprint density at radius 1 is 0.386 bits per heavy atom. The molecule has 2 aromatic heterocycles. The van der Waals surface area contributed by atoms with E-state index >= 15 is 0 Å². The largest absolute Gasteiger partial charge is 0.457 e. The molecule has 0 atom stereocenters. The second kappa shape index (κ2) is 16.9. The molecular formula is C65H76N4O. The molecule has 5 nitrogen and oxygen atoms in total. The van der Waals surface area contributed by atoms with Crippen LogP contribution in [-0.4, -0.2) is 16.2 Å². The van der Waals surface area contributed by atoms with Crippen LogP contribution in [0.2, 0.25) is 0 Å². The maximum atomic E-state index is 7.21. The molecular weight excluding hydrogens is 853 g/mol. The van der Waals surface area contributed by atoms with Crippen LogP contribution in [0.4, 0.5) is 22.7 Å². The lowest BCUT2D eigenvalue weighted by atomic mass is 9.78. The van der Waals surface area contributed by atoms with Gasteiger partial charge in [-0.1, -0.05) is 166 Å². The van der Waals surface area contributed by atoms with Gasteiger partial charge in [0, 0.05) is 45.9 Å². The summed E-state index contributed by atoms with van der Waals surface area (Å²) in [4.78, 5) is 10.0. The Morgan fingerprint density at radius 2 is 0.943 bits per heavy atom. The standard InChI is InChI=1S/C65H76N4O/c1-60(2,3)43-23-27-55-54(36-43)53-26-25-51(40-57(53)69(55)59-38-45(29-30-66-59)62(7,8)9)70-52-35-48(65(16,17)42-21-19-18-20-22-42)34-50(39-52)68-41-67(56-28-24-44(37-58(56)68)61(4,5)6)49-32-46(63(10,11)12)31-47(33-49)64(13,14)15/h18-40H,41H2,1-17H3. The van der Waals surface area contributed by atoms with Crippen LogP contribution in [0, 0.1) is 0 Å². The molecule has 1 aliphatic heterocycles. The van der Waals surface area contributed by atoms with E-state index in [0.29, 0.717) is 6.67 Å². The Balaban J connectivity index is 1.23. The van der Waals surface area contributed by atoms with Crippen molar-refractivity contribution in [3.05, 3.63) is 179 Å². The summed E-state index contributed by atoms with van der Waals surface area (Å²) in [7, 11) is 0. The third-order valence-electron chi connectivity index (χ3n) is 14.8. The number of hydrogen-bond acceptors (Lipinski definition) is 4. The van der Waals surface area contributed by atoms with E-state index in [1.54, 1.807) is 0 Å². The summed E-state index contributed by atoms with van der Waals surface area (Å²) in [6, 6.07) is 50.0. The Labute approximate surface area is 419 Å². The van der Waals surface area contributed by atoms with Crippen molar-refractivity contribution in [2.75, 3.05) is 16.5 Å². The van der Waals surface area contributed by atoms with E-state index in [1.807, 2.05) is 6.20 Å². The zero-order valence-electron chi connectivity index (χ0n) is 45.2. The van der Waals surface area contributed by atoms with Crippen LogP contribution in [0.15, 0.2) is 140 Å². The monoisotopic (exact) mass is 929 g/mol. The van der Waals surface area contributed by atoms with Crippen molar-refractivity contribution in [2.45, 2.75) is 150 Å². The van der Waals surface area contributed by atoms with Crippen molar-refractivity contribution >= 4 is 44.6 Å². The Bertz CT molecular complexity index is 3230. The molecule has 362 valence electrons. The van der Waals surface area contributed by atoms with E-state index < -0.39 is 0 Å². The molecule has 3 heterocycles. The van der Waals surface area contributed by atoms with Crippen molar-refractivity contribution in [1.82, 2.24) is 9.55 Å². The lowest BCUT2D eigenvalue weighted by Gasteiger charge is -2.30. The summed E-state index contributed by atoms with van der Waals surface area (Å²) < 4.78 is 9.53. The number of aromatic nitrogens is 2. The van der Waals surface area contributed by atoms with Gasteiger partial charge in [0.05, 0.1) is 22.4 Å². The zero-order chi connectivity index (χ0) is 50.5. The van der Waals surface area contributed by atoms with E-state index in [4.69, 9.17) is 9.72 Å². The smallest absolute Gasteiger partial charge is 0.137 e. The summed E-state index contributed by atoms with van der Waals surface area (Å²) in [5.74, 6) is 2.46.